The monoisotopic (exact) mass is 372 g/mol. The molecule has 0 aliphatic carbocycles. The van der Waals surface area contributed by atoms with Gasteiger partial charge in [-0.15, -0.1) is 6.42 Å². The number of benzene rings is 1. The molecule has 0 fully saturated rings. The molecule has 3 aromatic rings. The molecule has 1 aromatic carbocycles. The van der Waals surface area contributed by atoms with Gasteiger partial charge in [0, 0.05) is 41.8 Å². The molecule has 0 radical (unpaired) electrons. The van der Waals surface area contributed by atoms with Gasteiger partial charge in [0.05, 0.1) is 0 Å². The fourth-order valence-corrected chi connectivity index (χ4v) is 2.60. The third kappa shape index (κ3) is 4.43. The van der Waals surface area contributed by atoms with E-state index in [4.69, 9.17) is 6.42 Å². The van der Waals surface area contributed by atoms with E-state index in [9.17, 15) is 4.79 Å². The van der Waals surface area contributed by atoms with Gasteiger partial charge in [-0.05, 0) is 43.7 Å². The highest BCUT2D eigenvalue weighted by Crippen LogP contribution is 2.20. The van der Waals surface area contributed by atoms with E-state index in [1.165, 1.54) is 0 Å². The molecule has 0 spiro atoms. The van der Waals surface area contributed by atoms with Crippen molar-refractivity contribution >= 4 is 29.2 Å². The van der Waals surface area contributed by atoms with Crippen LogP contribution >= 0.6 is 0 Å². The second-order valence-corrected chi connectivity index (χ2v) is 6.15. The topological polar surface area (TPSA) is 91.8 Å². The lowest BCUT2D eigenvalue weighted by Crippen LogP contribution is -2.15. The number of carbonyl (C=O) groups is 1. The van der Waals surface area contributed by atoms with Gasteiger partial charge in [-0.2, -0.15) is 4.98 Å². The molecule has 0 atom stereocenters. The van der Waals surface area contributed by atoms with Crippen LogP contribution in [-0.2, 0) is 0 Å². The molecule has 2 aromatic heterocycles. The Hall–Kier alpha value is -3.92. The quantitative estimate of drug-likeness (QED) is 0.594. The number of nitrogens with one attached hydrogen (secondary N) is 3. The first-order valence-corrected chi connectivity index (χ1v) is 8.63. The smallest absolute Gasteiger partial charge is 0.257 e. The van der Waals surface area contributed by atoms with Crippen molar-refractivity contribution in [2.45, 2.75) is 13.8 Å². The van der Waals surface area contributed by atoms with Gasteiger partial charge in [0.15, 0.2) is 0 Å². The van der Waals surface area contributed by atoms with Crippen LogP contribution in [0.25, 0.3) is 0 Å². The number of rotatable bonds is 5. The summed E-state index contributed by atoms with van der Waals surface area (Å²) in [5, 5.41) is 8.91. The van der Waals surface area contributed by atoms with Crippen LogP contribution in [0.3, 0.4) is 0 Å². The van der Waals surface area contributed by atoms with E-state index in [1.807, 2.05) is 32.0 Å². The Labute approximate surface area is 163 Å². The van der Waals surface area contributed by atoms with Gasteiger partial charge in [-0.25, -0.2) is 9.97 Å². The molecule has 3 N–H and O–H groups in total. The van der Waals surface area contributed by atoms with E-state index in [0.717, 1.165) is 11.3 Å². The summed E-state index contributed by atoms with van der Waals surface area (Å²) in [6.45, 7) is 3.76. The molecule has 0 aliphatic rings. The second-order valence-electron chi connectivity index (χ2n) is 6.15. The van der Waals surface area contributed by atoms with Crippen LogP contribution in [0.2, 0.25) is 0 Å². The van der Waals surface area contributed by atoms with Crippen molar-refractivity contribution in [2.24, 2.45) is 0 Å². The summed E-state index contributed by atoms with van der Waals surface area (Å²) in [5.74, 6) is 3.80. The van der Waals surface area contributed by atoms with Crippen LogP contribution in [0.4, 0.5) is 23.3 Å². The third-order valence-corrected chi connectivity index (χ3v) is 4.02. The predicted octanol–water partition coefficient (Wildman–Crippen LogP) is 3.51. The minimum absolute atomic E-state index is 0.274. The van der Waals surface area contributed by atoms with Crippen molar-refractivity contribution in [1.29, 1.82) is 0 Å². The highest BCUT2D eigenvalue weighted by atomic mass is 16.1. The zero-order valence-corrected chi connectivity index (χ0v) is 15.9. The van der Waals surface area contributed by atoms with E-state index < -0.39 is 0 Å². The Balaban J connectivity index is 1.84. The zero-order chi connectivity index (χ0) is 20.1. The lowest BCUT2D eigenvalue weighted by Gasteiger charge is -2.11. The average molecular weight is 372 g/mol. The van der Waals surface area contributed by atoms with E-state index in [-0.39, 0.29) is 5.91 Å². The van der Waals surface area contributed by atoms with Crippen molar-refractivity contribution in [1.82, 2.24) is 15.0 Å². The molecular weight excluding hydrogens is 352 g/mol. The molecule has 1 amide bonds. The second kappa shape index (κ2) is 8.18. The van der Waals surface area contributed by atoms with Crippen molar-refractivity contribution < 1.29 is 4.79 Å². The molecule has 7 nitrogen and oxygen atoms in total. The Morgan fingerprint density at radius 2 is 1.89 bits per heavy atom. The first kappa shape index (κ1) is 18.9. The number of pyridine rings is 1. The maximum atomic E-state index is 12.7. The van der Waals surface area contributed by atoms with Crippen molar-refractivity contribution in [2.75, 3.05) is 23.0 Å². The summed E-state index contributed by atoms with van der Waals surface area (Å²) in [5.41, 5.74) is 3.52. The first-order chi connectivity index (χ1) is 13.5. The summed E-state index contributed by atoms with van der Waals surface area (Å²) in [6, 6.07) is 10.7. The number of carbonyl (C=O) groups excluding carboxylic acids is 1. The van der Waals surface area contributed by atoms with Crippen LogP contribution in [0.5, 0.6) is 0 Å². The first-order valence-electron chi connectivity index (χ1n) is 8.63. The van der Waals surface area contributed by atoms with Crippen molar-refractivity contribution in [3.63, 3.8) is 0 Å². The van der Waals surface area contributed by atoms with Crippen LogP contribution in [0, 0.1) is 26.2 Å². The normalized spacial score (nSPS) is 10.1. The lowest BCUT2D eigenvalue weighted by molar-refractivity contribution is 0.102. The minimum atomic E-state index is -0.274. The lowest BCUT2D eigenvalue weighted by atomic mass is 10.1. The van der Waals surface area contributed by atoms with Crippen molar-refractivity contribution in [3.05, 3.63) is 65.0 Å². The summed E-state index contributed by atoms with van der Waals surface area (Å²) in [4.78, 5) is 25.6. The number of hydrogen-bond donors (Lipinski definition) is 3. The fraction of sp³-hybridized carbons (Fsp3) is 0.143. The largest absolute Gasteiger partial charge is 0.373 e. The molecule has 2 heterocycles. The van der Waals surface area contributed by atoms with Gasteiger partial charge in [0.25, 0.3) is 5.91 Å². The number of anilines is 4. The Kier molecular flexibility index (Phi) is 5.51. The van der Waals surface area contributed by atoms with Crippen LogP contribution < -0.4 is 16.0 Å². The number of amides is 1. The maximum absolute atomic E-state index is 12.7. The SMILES string of the molecule is C#Cc1ccnc(NC(=O)c2cc(Nc3nc(C)cc(NC)n3)ccc2C)c1. The summed E-state index contributed by atoms with van der Waals surface area (Å²) < 4.78 is 0. The van der Waals surface area contributed by atoms with Crippen LogP contribution in [0.15, 0.2) is 42.6 Å². The molecule has 140 valence electrons. The van der Waals surface area contributed by atoms with E-state index >= 15 is 0 Å². The molecule has 0 bridgehead atoms. The Morgan fingerprint density at radius 1 is 1.07 bits per heavy atom. The molecule has 0 saturated carbocycles. The molecule has 0 aliphatic heterocycles. The van der Waals surface area contributed by atoms with Gasteiger partial charge >= 0.3 is 0 Å². The van der Waals surface area contributed by atoms with E-state index in [2.05, 4.69) is 36.8 Å². The number of terminal acetylenes is 1. The maximum Gasteiger partial charge on any atom is 0.257 e. The van der Waals surface area contributed by atoms with Gasteiger partial charge in [-0.3, -0.25) is 4.79 Å². The van der Waals surface area contributed by atoms with E-state index in [1.54, 1.807) is 31.4 Å². The molecule has 28 heavy (non-hydrogen) atoms. The van der Waals surface area contributed by atoms with Gasteiger partial charge in [-0.1, -0.05) is 12.0 Å². The van der Waals surface area contributed by atoms with Crippen LogP contribution in [-0.4, -0.2) is 27.9 Å². The van der Waals surface area contributed by atoms with Gasteiger partial charge < -0.3 is 16.0 Å². The van der Waals surface area contributed by atoms with Gasteiger partial charge in [0.2, 0.25) is 5.95 Å². The molecule has 0 unspecified atom stereocenters. The number of aromatic nitrogens is 3. The Bertz CT molecular complexity index is 1070. The van der Waals surface area contributed by atoms with E-state index in [0.29, 0.717) is 34.4 Å². The predicted molar refractivity (Wildman–Crippen MR) is 111 cm³/mol. The highest BCUT2D eigenvalue weighted by Gasteiger charge is 2.12. The molecule has 0 saturated heterocycles. The van der Waals surface area contributed by atoms with Gasteiger partial charge in [0.1, 0.15) is 11.6 Å². The van der Waals surface area contributed by atoms with Crippen LogP contribution in [0.1, 0.15) is 27.2 Å². The highest BCUT2D eigenvalue weighted by molar-refractivity contribution is 6.05. The minimum Gasteiger partial charge on any atom is -0.373 e. The standard InChI is InChI=1S/C21H20N6O/c1-5-15-8-9-23-19(11-15)26-20(28)17-12-16(7-6-13(17)2)25-21-24-14(3)10-18(22-4)27-21/h1,6-12H,2-4H3,(H,23,26,28)(H2,22,24,25,27). The fourth-order valence-electron chi connectivity index (χ4n) is 2.60. The zero-order valence-electron chi connectivity index (χ0n) is 15.9. The number of aryl methyl sites for hydroxylation is 2. The van der Waals surface area contributed by atoms with Crippen molar-refractivity contribution in [3.8, 4) is 12.3 Å². The molecular formula is C21H20N6O. The molecule has 3 rings (SSSR count). The Morgan fingerprint density at radius 3 is 2.64 bits per heavy atom. The number of hydrogen-bond acceptors (Lipinski definition) is 6. The summed E-state index contributed by atoms with van der Waals surface area (Å²) >= 11 is 0. The summed E-state index contributed by atoms with van der Waals surface area (Å²) in [7, 11) is 1.79. The number of nitrogens with zero attached hydrogens (tertiary/aromatic N) is 3. The third-order valence-electron chi connectivity index (χ3n) is 4.02. The summed E-state index contributed by atoms with van der Waals surface area (Å²) in [6.07, 6.45) is 6.95. The average Bonchev–Trinajstić information content (AvgIpc) is 2.69. The molecule has 7 heteroatoms.